The third-order valence-electron chi connectivity index (χ3n) is 3.47. The second-order valence-electron chi connectivity index (χ2n) is 5.94. The zero-order valence-electron chi connectivity index (χ0n) is 12.3. The van der Waals surface area contributed by atoms with Crippen molar-refractivity contribution < 1.29 is 10.0 Å². The highest BCUT2D eigenvalue weighted by Gasteiger charge is 2.27. The maximum atomic E-state index is 11.2. The molecule has 1 aliphatic heterocycles. The predicted octanol–water partition coefficient (Wildman–Crippen LogP) is 2.14. The van der Waals surface area contributed by atoms with E-state index < -0.39 is 10.5 Å². The molecular weight excluding hydrogens is 294 g/mol. The number of piperazine rings is 1. The predicted molar refractivity (Wildman–Crippen MR) is 83.1 cm³/mol. The fourth-order valence-corrected chi connectivity index (χ4v) is 2.87. The van der Waals surface area contributed by atoms with Gasteiger partial charge in [0.15, 0.2) is 0 Å². The van der Waals surface area contributed by atoms with Crippen molar-refractivity contribution in [3.8, 4) is 0 Å². The van der Waals surface area contributed by atoms with Crippen LogP contribution >= 0.6 is 11.6 Å². The molecule has 2 rings (SSSR count). The van der Waals surface area contributed by atoms with E-state index >= 15 is 0 Å². The van der Waals surface area contributed by atoms with Crippen LogP contribution in [0.3, 0.4) is 0 Å². The SMILES string of the molecule is CC(C)(O)CN1CCN(c2cccc(Cl)c2[N+](=O)[O-])CC1. The van der Waals surface area contributed by atoms with Crippen LogP contribution < -0.4 is 4.90 Å². The molecule has 0 aliphatic carbocycles. The van der Waals surface area contributed by atoms with Gasteiger partial charge in [0.1, 0.15) is 10.7 Å². The van der Waals surface area contributed by atoms with E-state index in [0.717, 1.165) is 13.1 Å². The summed E-state index contributed by atoms with van der Waals surface area (Å²) in [5.41, 5.74) is -0.199. The number of nitrogens with zero attached hydrogens (tertiary/aromatic N) is 3. The zero-order chi connectivity index (χ0) is 15.6. The number of nitro benzene ring substituents is 1. The van der Waals surface area contributed by atoms with Gasteiger partial charge in [0.05, 0.1) is 10.5 Å². The molecule has 0 bridgehead atoms. The van der Waals surface area contributed by atoms with Crippen LogP contribution in [0.1, 0.15) is 13.8 Å². The van der Waals surface area contributed by atoms with Gasteiger partial charge in [0.2, 0.25) is 0 Å². The normalized spacial score (nSPS) is 17.0. The first-order valence-electron chi connectivity index (χ1n) is 6.90. The summed E-state index contributed by atoms with van der Waals surface area (Å²) in [5.74, 6) is 0. The average molecular weight is 314 g/mol. The lowest BCUT2D eigenvalue weighted by atomic mass is 10.1. The van der Waals surface area contributed by atoms with Crippen molar-refractivity contribution in [3.63, 3.8) is 0 Å². The highest BCUT2D eigenvalue weighted by molar-refractivity contribution is 6.33. The van der Waals surface area contributed by atoms with Crippen molar-refractivity contribution in [1.29, 1.82) is 0 Å². The van der Waals surface area contributed by atoms with E-state index in [0.29, 0.717) is 25.3 Å². The standard InChI is InChI=1S/C14H20ClN3O3/c1-14(2,19)10-16-6-8-17(9-7-16)12-5-3-4-11(15)13(12)18(20)21/h3-5,19H,6-10H2,1-2H3. The third-order valence-corrected chi connectivity index (χ3v) is 3.78. The smallest absolute Gasteiger partial charge is 0.310 e. The summed E-state index contributed by atoms with van der Waals surface area (Å²) >= 11 is 5.95. The van der Waals surface area contributed by atoms with Crippen LogP contribution in [0.15, 0.2) is 18.2 Å². The Morgan fingerprint density at radius 1 is 1.33 bits per heavy atom. The molecule has 1 aromatic rings. The largest absolute Gasteiger partial charge is 0.389 e. The number of rotatable bonds is 4. The third kappa shape index (κ3) is 4.06. The van der Waals surface area contributed by atoms with Crippen molar-refractivity contribution in [1.82, 2.24) is 4.90 Å². The summed E-state index contributed by atoms with van der Waals surface area (Å²) in [5, 5.41) is 21.2. The Morgan fingerprint density at radius 3 is 2.48 bits per heavy atom. The first kappa shape index (κ1) is 16.0. The van der Waals surface area contributed by atoms with Crippen LogP contribution in [0.4, 0.5) is 11.4 Å². The van der Waals surface area contributed by atoms with Crippen LogP contribution in [0.25, 0.3) is 0 Å². The van der Waals surface area contributed by atoms with E-state index in [-0.39, 0.29) is 10.7 Å². The van der Waals surface area contributed by atoms with E-state index in [1.165, 1.54) is 6.07 Å². The van der Waals surface area contributed by atoms with E-state index in [4.69, 9.17) is 11.6 Å². The molecule has 1 N–H and O–H groups in total. The number of aliphatic hydroxyl groups is 1. The lowest BCUT2D eigenvalue weighted by molar-refractivity contribution is -0.384. The minimum atomic E-state index is -0.732. The van der Waals surface area contributed by atoms with Gasteiger partial charge in [-0.1, -0.05) is 17.7 Å². The highest BCUT2D eigenvalue weighted by atomic mass is 35.5. The molecule has 21 heavy (non-hydrogen) atoms. The van der Waals surface area contributed by atoms with Crippen molar-refractivity contribution in [2.75, 3.05) is 37.6 Å². The lowest BCUT2D eigenvalue weighted by Gasteiger charge is -2.38. The van der Waals surface area contributed by atoms with Crippen LogP contribution in [0.2, 0.25) is 5.02 Å². The van der Waals surface area contributed by atoms with Gasteiger partial charge in [-0.05, 0) is 26.0 Å². The molecule has 7 heteroatoms. The van der Waals surface area contributed by atoms with E-state index in [9.17, 15) is 15.2 Å². The molecule has 0 radical (unpaired) electrons. The maximum absolute atomic E-state index is 11.2. The topological polar surface area (TPSA) is 69.8 Å². The molecular formula is C14H20ClN3O3. The molecule has 0 atom stereocenters. The van der Waals surface area contributed by atoms with Crippen LogP contribution in [-0.4, -0.2) is 53.3 Å². The number of hydrogen-bond donors (Lipinski definition) is 1. The minimum Gasteiger partial charge on any atom is -0.389 e. The molecule has 0 unspecified atom stereocenters. The Labute approximate surface area is 129 Å². The van der Waals surface area contributed by atoms with Crippen LogP contribution in [-0.2, 0) is 0 Å². The molecule has 116 valence electrons. The monoisotopic (exact) mass is 313 g/mol. The molecule has 1 aliphatic rings. The molecule has 0 spiro atoms. The molecule has 0 amide bonds. The van der Waals surface area contributed by atoms with Gasteiger partial charge in [0.25, 0.3) is 0 Å². The number of nitro groups is 1. The molecule has 6 nitrogen and oxygen atoms in total. The summed E-state index contributed by atoms with van der Waals surface area (Å²) in [7, 11) is 0. The van der Waals surface area contributed by atoms with Gasteiger partial charge in [-0.2, -0.15) is 0 Å². The van der Waals surface area contributed by atoms with Crippen molar-refractivity contribution in [3.05, 3.63) is 33.3 Å². The Kier molecular flexibility index (Phi) is 4.70. The quantitative estimate of drug-likeness (QED) is 0.681. The number of halogens is 1. The highest BCUT2D eigenvalue weighted by Crippen LogP contribution is 2.35. The Morgan fingerprint density at radius 2 is 1.95 bits per heavy atom. The van der Waals surface area contributed by atoms with Gasteiger partial charge in [-0.3, -0.25) is 15.0 Å². The lowest BCUT2D eigenvalue weighted by Crippen LogP contribution is -2.50. The molecule has 1 aromatic carbocycles. The fraction of sp³-hybridized carbons (Fsp3) is 0.571. The Bertz CT molecular complexity index is 523. The molecule has 1 heterocycles. The second-order valence-corrected chi connectivity index (χ2v) is 6.35. The number of para-hydroxylation sites is 1. The molecule has 0 aromatic heterocycles. The van der Waals surface area contributed by atoms with E-state index in [1.54, 1.807) is 26.0 Å². The molecule has 1 fully saturated rings. The maximum Gasteiger partial charge on any atom is 0.310 e. The molecule has 0 saturated carbocycles. The zero-order valence-corrected chi connectivity index (χ0v) is 13.0. The van der Waals surface area contributed by atoms with E-state index in [1.807, 2.05) is 4.90 Å². The van der Waals surface area contributed by atoms with Gasteiger partial charge in [-0.15, -0.1) is 0 Å². The summed E-state index contributed by atoms with van der Waals surface area (Å²) < 4.78 is 0. The average Bonchev–Trinajstić information content (AvgIpc) is 2.37. The summed E-state index contributed by atoms with van der Waals surface area (Å²) in [6.07, 6.45) is 0. The van der Waals surface area contributed by atoms with E-state index in [2.05, 4.69) is 4.90 Å². The minimum absolute atomic E-state index is 0.0323. The Balaban J connectivity index is 2.10. The summed E-state index contributed by atoms with van der Waals surface area (Å²) in [4.78, 5) is 14.9. The van der Waals surface area contributed by atoms with Gasteiger partial charge >= 0.3 is 5.69 Å². The first-order valence-corrected chi connectivity index (χ1v) is 7.28. The number of benzene rings is 1. The second kappa shape index (κ2) is 6.17. The van der Waals surface area contributed by atoms with Gasteiger partial charge < -0.3 is 10.0 Å². The first-order chi connectivity index (χ1) is 9.78. The van der Waals surface area contributed by atoms with Crippen LogP contribution in [0.5, 0.6) is 0 Å². The fourth-order valence-electron chi connectivity index (χ4n) is 2.63. The number of hydrogen-bond acceptors (Lipinski definition) is 5. The summed E-state index contributed by atoms with van der Waals surface area (Å²) in [6.45, 7) is 7.02. The summed E-state index contributed by atoms with van der Waals surface area (Å²) in [6, 6.07) is 5.00. The van der Waals surface area contributed by atoms with Crippen LogP contribution in [0, 0.1) is 10.1 Å². The van der Waals surface area contributed by atoms with Gasteiger partial charge in [-0.25, -0.2) is 0 Å². The van der Waals surface area contributed by atoms with Crippen molar-refractivity contribution in [2.45, 2.75) is 19.4 Å². The Hall–Kier alpha value is -1.37. The van der Waals surface area contributed by atoms with Crippen molar-refractivity contribution in [2.24, 2.45) is 0 Å². The van der Waals surface area contributed by atoms with Crippen molar-refractivity contribution >= 4 is 23.0 Å². The van der Waals surface area contributed by atoms with Gasteiger partial charge in [0, 0.05) is 32.7 Å². The number of anilines is 1. The number of β-amino-alcohol motifs (C(OH)–C–C–N with tert-alkyl or cyclic N) is 1. The molecule has 1 saturated heterocycles.